The van der Waals surface area contributed by atoms with Crippen LogP contribution >= 0.6 is 23.2 Å². The maximum absolute atomic E-state index is 6.01. The molecule has 0 unspecified atom stereocenters. The topological polar surface area (TPSA) is 3.24 Å². The normalized spacial score (nSPS) is 14.5. The monoisotopic (exact) mass is 253 g/mol. The average Bonchev–Trinajstić information content (AvgIpc) is 2.29. The van der Waals surface area contributed by atoms with Gasteiger partial charge in [0.15, 0.2) is 0 Å². The van der Waals surface area contributed by atoms with E-state index in [9.17, 15) is 0 Å². The van der Waals surface area contributed by atoms with E-state index in [1.165, 1.54) is 11.1 Å². The fourth-order valence-corrected chi connectivity index (χ4v) is 2.30. The van der Waals surface area contributed by atoms with Gasteiger partial charge in [0, 0.05) is 18.8 Å². The zero-order valence-corrected chi connectivity index (χ0v) is 10.5. The highest BCUT2D eigenvalue weighted by Gasteiger charge is 2.17. The van der Waals surface area contributed by atoms with Gasteiger partial charge in [-0.25, -0.2) is 0 Å². The molecule has 1 aliphatic rings. The highest BCUT2D eigenvalue weighted by atomic mass is 35.5. The van der Waals surface area contributed by atoms with Crippen LogP contribution in [0.15, 0.2) is 37.1 Å². The number of hydrogen-bond donors (Lipinski definition) is 0. The van der Waals surface area contributed by atoms with Crippen molar-refractivity contribution in [3.63, 3.8) is 0 Å². The summed E-state index contributed by atoms with van der Waals surface area (Å²) >= 11 is 12.0. The van der Waals surface area contributed by atoms with Gasteiger partial charge in [0.1, 0.15) is 0 Å². The maximum atomic E-state index is 6.01. The molecule has 0 fully saturated rings. The summed E-state index contributed by atoms with van der Waals surface area (Å²) in [4.78, 5) is 2.19. The third-order valence-corrected chi connectivity index (χ3v) is 3.62. The summed E-state index contributed by atoms with van der Waals surface area (Å²) in [6, 6.07) is 3.91. The standard InChI is InChI=1S/C13H13Cl2N/c1-3-9(2)16-5-4-10-6-12(14)13(15)7-11(10)8-16/h3,6-7H,1-2,4-5,8H2. The maximum Gasteiger partial charge on any atom is 0.0595 e. The Morgan fingerprint density at radius 1 is 1.25 bits per heavy atom. The van der Waals surface area contributed by atoms with Gasteiger partial charge in [0.25, 0.3) is 0 Å². The predicted molar refractivity (Wildman–Crippen MR) is 69.9 cm³/mol. The van der Waals surface area contributed by atoms with Gasteiger partial charge < -0.3 is 4.90 Å². The van der Waals surface area contributed by atoms with E-state index >= 15 is 0 Å². The van der Waals surface area contributed by atoms with E-state index in [1.54, 1.807) is 6.08 Å². The van der Waals surface area contributed by atoms with E-state index in [2.05, 4.69) is 18.1 Å². The van der Waals surface area contributed by atoms with Crippen molar-refractivity contribution >= 4 is 23.2 Å². The minimum Gasteiger partial charge on any atom is -0.367 e. The third-order valence-electron chi connectivity index (χ3n) is 2.90. The van der Waals surface area contributed by atoms with Crippen LogP contribution in [-0.2, 0) is 13.0 Å². The van der Waals surface area contributed by atoms with Crippen LogP contribution in [0.25, 0.3) is 0 Å². The van der Waals surface area contributed by atoms with Gasteiger partial charge in [-0.15, -0.1) is 0 Å². The molecule has 0 aliphatic carbocycles. The number of rotatable bonds is 2. The number of fused-ring (bicyclic) bond motifs is 1. The summed E-state index contributed by atoms with van der Waals surface area (Å²) in [5, 5.41) is 1.25. The SMILES string of the molecule is C=CC(=C)N1CCc2cc(Cl)c(Cl)cc2C1. The molecule has 1 aliphatic heterocycles. The number of allylic oxidation sites excluding steroid dienone is 1. The highest BCUT2D eigenvalue weighted by molar-refractivity contribution is 6.42. The van der Waals surface area contributed by atoms with Gasteiger partial charge in [-0.3, -0.25) is 0 Å². The minimum atomic E-state index is 0.617. The molecule has 0 saturated carbocycles. The highest BCUT2D eigenvalue weighted by Crippen LogP contribution is 2.30. The van der Waals surface area contributed by atoms with Crippen LogP contribution in [0.2, 0.25) is 10.0 Å². The van der Waals surface area contributed by atoms with Crippen LogP contribution in [0.4, 0.5) is 0 Å². The Kier molecular flexibility index (Phi) is 3.27. The first-order valence-electron chi connectivity index (χ1n) is 5.15. The zero-order valence-electron chi connectivity index (χ0n) is 8.97. The largest absolute Gasteiger partial charge is 0.367 e. The molecule has 2 rings (SSSR count). The second kappa shape index (κ2) is 4.52. The van der Waals surface area contributed by atoms with Crippen molar-refractivity contribution in [3.8, 4) is 0 Å². The summed E-state index contributed by atoms with van der Waals surface area (Å²) < 4.78 is 0. The van der Waals surface area contributed by atoms with Crippen LogP contribution in [0.5, 0.6) is 0 Å². The molecule has 0 saturated heterocycles. The Hall–Kier alpha value is -0.920. The van der Waals surface area contributed by atoms with Crippen LogP contribution in [0.3, 0.4) is 0 Å². The van der Waals surface area contributed by atoms with Crippen molar-refractivity contribution < 1.29 is 0 Å². The number of nitrogens with zero attached hydrogens (tertiary/aromatic N) is 1. The second-order valence-electron chi connectivity index (χ2n) is 3.90. The Balaban J connectivity index is 2.30. The quantitative estimate of drug-likeness (QED) is 0.719. The van der Waals surface area contributed by atoms with E-state index in [1.807, 2.05) is 12.1 Å². The molecule has 0 aromatic heterocycles. The van der Waals surface area contributed by atoms with Crippen LogP contribution in [0.1, 0.15) is 11.1 Å². The molecule has 3 heteroatoms. The van der Waals surface area contributed by atoms with E-state index in [0.29, 0.717) is 10.0 Å². The van der Waals surface area contributed by atoms with Gasteiger partial charge in [-0.05, 0) is 35.8 Å². The van der Waals surface area contributed by atoms with Crippen molar-refractivity contribution in [3.05, 3.63) is 58.2 Å². The Labute approximate surface area is 106 Å². The summed E-state index contributed by atoms with van der Waals surface area (Å²) in [7, 11) is 0. The van der Waals surface area contributed by atoms with Gasteiger partial charge in [0.2, 0.25) is 0 Å². The van der Waals surface area contributed by atoms with E-state index < -0.39 is 0 Å². The molecule has 1 aromatic carbocycles. The Morgan fingerprint density at radius 2 is 1.88 bits per heavy atom. The first-order chi connectivity index (χ1) is 7.61. The van der Waals surface area contributed by atoms with Crippen molar-refractivity contribution in [2.75, 3.05) is 6.54 Å². The Morgan fingerprint density at radius 3 is 2.50 bits per heavy atom. The first-order valence-corrected chi connectivity index (χ1v) is 5.90. The summed E-state index contributed by atoms with van der Waals surface area (Å²) in [5.41, 5.74) is 3.46. The van der Waals surface area contributed by atoms with Crippen molar-refractivity contribution in [1.82, 2.24) is 4.90 Å². The molecule has 1 nitrogen and oxygen atoms in total. The van der Waals surface area contributed by atoms with Gasteiger partial charge >= 0.3 is 0 Å². The van der Waals surface area contributed by atoms with Crippen molar-refractivity contribution in [1.29, 1.82) is 0 Å². The first kappa shape index (κ1) is 11.6. The Bertz CT molecular complexity index is 451. The molecule has 0 radical (unpaired) electrons. The smallest absolute Gasteiger partial charge is 0.0595 e. The number of hydrogen-bond acceptors (Lipinski definition) is 1. The third kappa shape index (κ3) is 2.11. The van der Waals surface area contributed by atoms with Crippen LogP contribution in [-0.4, -0.2) is 11.4 Å². The molecule has 84 valence electrons. The van der Waals surface area contributed by atoms with E-state index in [0.717, 1.165) is 25.2 Å². The molecule has 0 bridgehead atoms. The molecule has 1 aromatic rings. The van der Waals surface area contributed by atoms with Crippen LogP contribution < -0.4 is 0 Å². The lowest BCUT2D eigenvalue weighted by molar-refractivity contribution is 0.333. The second-order valence-corrected chi connectivity index (χ2v) is 4.72. The molecule has 0 atom stereocenters. The zero-order chi connectivity index (χ0) is 11.7. The molecule has 0 N–H and O–H groups in total. The van der Waals surface area contributed by atoms with Gasteiger partial charge in [-0.2, -0.15) is 0 Å². The van der Waals surface area contributed by atoms with Crippen molar-refractivity contribution in [2.45, 2.75) is 13.0 Å². The van der Waals surface area contributed by atoms with Crippen LogP contribution in [0, 0.1) is 0 Å². The minimum absolute atomic E-state index is 0.617. The fourth-order valence-electron chi connectivity index (χ4n) is 1.92. The lowest BCUT2D eigenvalue weighted by Crippen LogP contribution is -2.28. The van der Waals surface area contributed by atoms with Crippen molar-refractivity contribution in [2.24, 2.45) is 0 Å². The molecule has 0 spiro atoms. The summed E-state index contributed by atoms with van der Waals surface area (Å²) in [6.07, 6.45) is 2.75. The van der Waals surface area contributed by atoms with Gasteiger partial charge in [-0.1, -0.05) is 36.4 Å². The lowest BCUT2D eigenvalue weighted by atomic mass is 9.99. The predicted octanol–water partition coefficient (Wildman–Crippen LogP) is 4.05. The summed E-state index contributed by atoms with van der Waals surface area (Å²) in [6.45, 7) is 9.48. The fraction of sp³-hybridized carbons (Fsp3) is 0.231. The van der Waals surface area contributed by atoms with E-state index in [4.69, 9.17) is 23.2 Å². The molecular weight excluding hydrogens is 241 g/mol. The molecule has 1 heterocycles. The summed E-state index contributed by atoms with van der Waals surface area (Å²) in [5.74, 6) is 0. The lowest BCUT2D eigenvalue weighted by Gasteiger charge is -2.31. The number of benzene rings is 1. The number of halogens is 2. The molecular formula is C13H13Cl2N. The van der Waals surface area contributed by atoms with Gasteiger partial charge in [0.05, 0.1) is 10.0 Å². The van der Waals surface area contributed by atoms with E-state index in [-0.39, 0.29) is 0 Å². The average molecular weight is 254 g/mol. The molecule has 16 heavy (non-hydrogen) atoms. The molecule has 0 amide bonds.